The minimum absolute atomic E-state index is 0.169. The van der Waals surface area contributed by atoms with Gasteiger partial charge in [-0.15, -0.1) is 0 Å². The van der Waals surface area contributed by atoms with Gasteiger partial charge in [-0.1, -0.05) is 20.8 Å². The molecule has 4 rings (SSSR count). The summed E-state index contributed by atoms with van der Waals surface area (Å²) in [5, 5.41) is 7.61. The van der Waals surface area contributed by atoms with Gasteiger partial charge in [0.25, 0.3) is 0 Å². The van der Waals surface area contributed by atoms with Crippen LogP contribution < -0.4 is 0 Å². The topological polar surface area (TPSA) is 77.7 Å². The van der Waals surface area contributed by atoms with E-state index < -0.39 is 0 Å². The number of nitrogens with one attached hydrogen (secondary N) is 2. The Kier molecular flexibility index (Phi) is 3.68. The highest BCUT2D eigenvalue weighted by Gasteiger charge is 2.32. The molecule has 0 saturated heterocycles. The van der Waals surface area contributed by atoms with Crippen LogP contribution in [-0.4, -0.2) is 37.5 Å². The number of carbonyl (C=O) groups excluding carboxylic acids is 1. The summed E-state index contributed by atoms with van der Waals surface area (Å²) >= 11 is 0. The molecule has 6 heteroatoms. The zero-order valence-corrected chi connectivity index (χ0v) is 16.0. The van der Waals surface area contributed by atoms with Crippen molar-refractivity contribution in [3.8, 4) is 11.5 Å². The van der Waals surface area contributed by atoms with E-state index in [0.29, 0.717) is 13.1 Å². The average Bonchev–Trinajstić information content (AvgIpc) is 3.16. The summed E-state index contributed by atoms with van der Waals surface area (Å²) in [5.41, 5.74) is 7.15. The van der Waals surface area contributed by atoms with Gasteiger partial charge in [0.15, 0.2) is 5.82 Å². The zero-order valence-electron chi connectivity index (χ0n) is 16.0. The van der Waals surface area contributed by atoms with E-state index in [0.717, 1.165) is 40.2 Å². The Balaban J connectivity index is 1.68. The fourth-order valence-electron chi connectivity index (χ4n) is 3.54. The van der Waals surface area contributed by atoms with Crippen LogP contribution in [0.15, 0.2) is 12.1 Å². The number of amides is 1. The lowest BCUT2D eigenvalue weighted by atomic mass is 9.93. The lowest BCUT2D eigenvalue weighted by Gasteiger charge is -2.32. The molecule has 0 aliphatic carbocycles. The van der Waals surface area contributed by atoms with Crippen molar-refractivity contribution in [2.45, 2.75) is 47.6 Å². The number of fused-ring (bicyclic) bond motifs is 2. The van der Waals surface area contributed by atoms with Crippen LogP contribution in [0.4, 0.5) is 0 Å². The highest BCUT2D eigenvalue weighted by atomic mass is 16.2. The summed E-state index contributed by atoms with van der Waals surface area (Å²) in [5.74, 6) is 0.983. The molecule has 0 spiro atoms. The van der Waals surface area contributed by atoms with Crippen LogP contribution in [0.1, 0.15) is 43.2 Å². The zero-order chi connectivity index (χ0) is 18.6. The monoisotopic (exact) mass is 351 g/mol. The third-order valence-corrected chi connectivity index (χ3v) is 5.19. The number of imidazole rings is 1. The number of aryl methyl sites for hydroxylation is 2. The minimum atomic E-state index is -0.370. The summed E-state index contributed by atoms with van der Waals surface area (Å²) in [6.45, 7) is 11.3. The van der Waals surface area contributed by atoms with E-state index in [9.17, 15) is 4.79 Å². The Morgan fingerprint density at radius 3 is 2.65 bits per heavy atom. The van der Waals surface area contributed by atoms with E-state index in [2.05, 4.69) is 41.2 Å². The van der Waals surface area contributed by atoms with Crippen LogP contribution >= 0.6 is 0 Å². The van der Waals surface area contributed by atoms with Gasteiger partial charge in [-0.2, -0.15) is 5.10 Å². The SMILES string of the molecule is Cc1cc2nc(-c3[nH]nc4c3CCN(C(=O)C(C)(C)C)C4)[nH]c2cc1C. The molecule has 1 aromatic carbocycles. The van der Waals surface area contributed by atoms with E-state index in [1.165, 1.54) is 11.1 Å². The van der Waals surface area contributed by atoms with Crippen molar-refractivity contribution in [2.24, 2.45) is 5.41 Å². The van der Waals surface area contributed by atoms with Gasteiger partial charge in [0, 0.05) is 17.5 Å². The van der Waals surface area contributed by atoms with Gasteiger partial charge in [-0.05, 0) is 43.5 Å². The third kappa shape index (κ3) is 2.69. The number of aromatic amines is 2. The summed E-state index contributed by atoms with van der Waals surface area (Å²) < 4.78 is 0. The largest absolute Gasteiger partial charge is 0.337 e. The maximum atomic E-state index is 12.6. The molecule has 0 fully saturated rings. The number of hydrogen-bond acceptors (Lipinski definition) is 3. The molecule has 136 valence electrons. The van der Waals surface area contributed by atoms with Gasteiger partial charge in [0.05, 0.1) is 23.3 Å². The number of hydrogen-bond donors (Lipinski definition) is 2. The first kappa shape index (κ1) is 16.8. The van der Waals surface area contributed by atoms with Crippen LogP contribution in [0, 0.1) is 19.3 Å². The third-order valence-electron chi connectivity index (χ3n) is 5.19. The Bertz CT molecular complexity index is 966. The molecule has 1 aliphatic heterocycles. The van der Waals surface area contributed by atoms with E-state index in [4.69, 9.17) is 4.98 Å². The molecule has 1 amide bonds. The summed E-state index contributed by atoms with van der Waals surface area (Å²) in [6, 6.07) is 4.24. The Labute approximate surface area is 153 Å². The Morgan fingerprint density at radius 2 is 1.92 bits per heavy atom. The van der Waals surface area contributed by atoms with Gasteiger partial charge in [-0.3, -0.25) is 9.89 Å². The molecular weight excluding hydrogens is 326 g/mol. The summed E-state index contributed by atoms with van der Waals surface area (Å²) in [6.07, 6.45) is 0.790. The van der Waals surface area contributed by atoms with Gasteiger partial charge in [0.1, 0.15) is 5.69 Å². The van der Waals surface area contributed by atoms with Gasteiger partial charge < -0.3 is 9.88 Å². The standard InChI is InChI=1S/C20H25N5O/c1-11-8-14-15(9-12(11)2)22-18(21-14)17-13-6-7-25(10-16(13)23-24-17)19(26)20(3,4)5/h8-9H,6-7,10H2,1-5H3,(H,21,22)(H,23,24). The first-order chi connectivity index (χ1) is 12.2. The fraction of sp³-hybridized carbons (Fsp3) is 0.450. The van der Waals surface area contributed by atoms with Gasteiger partial charge in [-0.25, -0.2) is 4.98 Å². The van der Waals surface area contributed by atoms with Crippen LogP contribution in [0.2, 0.25) is 0 Å². The molecule has 0 atom stereocenters. The molecule has 3 aromatic rings. The van der Waals surface area contributed by atoms with Crippen LogP contribution in [0.5, 0.6) is 0 Å². The molecule has 0 radical (unpaired) electrons. The number of aromatic nitrogens is 4. The van der Waals surface area contributed by atoms with Crippen molar-refractivity contribution in [1.29, 1.82) is 0 Å². The molecule has 3 heterocycles. The average molecular weight is 351 g/mol. The number of benzene rings is 1. The second-order valence-corrected chi connectivity index (χ2v) is 8.29. The van der Waals surface area contributed by atoms with Crippen molar-refractivity contribution in [1.82, 2.24) is 25.1 Å². The molecule has 6 nitrogen and oxygen atoms in total. The lowest BCUT2D eigenvalue weighted by Crippen LogP contribution is -2.42. The van der Waals surface area contributed by atoms with Crippen molar-refractivity contribution in [3.63, 3.8) is 0 Å². The highest BCUT2D eigenvalue weighted by Crippen LogP contribution is 2.30. The van der Waals surface area contributed by atoms with E-state index in [-0.39, 0.29) is 11.3 Å². The second kappa shape index (κ2) is 5.69. The normalized spacial score (nSPS) is 14.7. The number of H-pyrrole nitrogens is 2. The van der Waals surface area contributed by atoms with Crippen molar-refractivity contribution < 1.29 is 4.79 Å². The maximum absolute atomic E-state index is 12.6. The van der Waals surface area contributed by atoms with Crippen molar-refractivity contribution in [3.05, 3.63) is 34.5 Å². The van der Waals surface area contributed by atoms with Crippen LogP contribution in [0.3, 0.4) is 0 Å². The smallest absolute Gasteiger partial charge is 0.228 e. The molecule has 2 aromatic heterocycles. The lowest BCUT2D eigenvalue weighted by molar-refractivity contribution is -0.140. The predicted octanol–water partition coefficient (Wildman–Crippen LogP) is 3.50. The molecular formula is C20H25N5O. The first-order valence-corrected chi connectivity index (χ1v) is 9.07. The molecule has 0 bridgehead atoms. The quantitative estimate of drug-likeness (QED) is 0.704. The summed E-state index contributed by atoms with van der Waals surface area (Å²) in [4.78, 5) is 22.6. The maximum Gasteiger partial charge on any atom is 0.228 e. The second-order valence-electron chi connectivity index (χ2n) is 8.29. The fourth-order valence-corrected chi connectivity index (χ4v) is 3.54. The summed E-state index contributed by atoms with van der Waals surface area (Å²) in [7, 11) is 0. The molecule has 0 unspecified atom stereocenters. The van der Waals surface area contributed by atoms with Crippen molar-refractivity contribution >= 4 is 16.9 Å². The van der Waals surface area contributed by atoms with E-state index in [1.807, 2.05) is 25.7 Å². The first-order valence-electron chi connectivity index (χ1n) is 9.07. The molecule has 26 heavy (non-hydrogen) atoms. The Morgan fingerprint density at radius 1 is 1.19 bits per heavy atom. The molecule has 0 saturated carbocycles. The minimum Gasteiger partial charge on any atom is -0.337 e. The van der Waals surface area contributed by atoms with Gasteiger partial charge in [0.2, 0.25) is 5.91 Å². The number of rotatable bonds is 1. The predicted molar refractivity (Wildman–Crippen MR) is 102 cm³/mol. The highest BCUT2D eigenvalue weighted by molar-refractivity contribution is 5.83. The van der Waals surface area contributed by atoms with Crippen molar-refractivity contribution in [2.75, 3.05) is 6.54 Å². The molecule has 1 aliphatic rings. The van der Waals surface area contributed by atoms with Gasteiger partial charge >= 0.3 is 0 Å². The molecule has 2 N–H and O–H groups in total. The van der Waals surface area contributed by atoms with Crippen LogP contribution in [-0.2, 0) is 17.8 Å². The number of carbonyl (C=O) groups is 1. The van der Waals surface area contributed by atoms with E-state index >= 15 is 0 Å². The van der Waals surface area contributed by atoms with E-state index in [1.54, 1.807) is 0 Å². The number of nitrogens with zero attached hydrogens (tertiary/aromatic N) is 3. The van der Waals surface area contributed by atoms with Crippen LogP contribution in [0.25, 0.3) is 22.6 Å². The Hall–Kier alpha value is -2.63.